The van der Waals surface area contributed by atoms with E-state index >= 15 is 0 Å². The maximum atomic E-state index is 11.7. The Kier molecular flexibility index (Phi) is 6.49. The van der Waals surface area contributed by atoms with E-state index in [1.165, 1.54) is 0 Å². The zero-order valence-electron chi connectivity index (χ0n) is 13.4. The van der Waals surface area contributed by atoms with Gasteiger partial charge in [-0.2, -0.15) is 0 Å². The molecule has 0 saturated heterocycles. The molecule has 0 radical (unpaired) electrons. The van der Waals surface area contributed by atoms with Gasteiger partial charge in [0.25, 0.3) is 5.91 Å². The summed E-state index contributed by atoms with van der Waals surface area (Å²) in [6, 6.07) is 6.01. The summed E-state index contributed by atoms with van der Waals surface area (Å²) in [6.07, 6.45) is 0. The Bertz CT molecular complexity index is 482. The number of hydrogen-bond donors (Lipinski definition) is 2. The van der Waals surface area contributed by atoms with Crippen LogP contribution in [0.1, 0.15) is 40.2 Å². The van der Waals surface area contributed by atoms with Gasteiger partial charge in [0.15, 0.2) is 6.61 Å². The molecule has 2 N–H and O–H groups in total. The highest BCUT2D eigenvalue weighted by molar-refractivity contribution is 6.32. The summed E-state index contributed by atoms with van der Waals surface area (Å²) in [4.78, 5) is 11.7. The fourth-order valence-electron chi connectivity index (χ4n) is 1.69. The quantitative estimate of drug-likeness (QED) is 0.848. The van der Waals surface area contributed by atoms with Crippen molar-refractivity contribution in [2.75, 3.05) is 6.61 Å². The first-order valence-electron chi connectivity index (χ1n) is 7.13. The van der Waals surface area contributed by atoms with E-state index in [0.29, 0.717) is 16.8 Å². The zero-order chi connectivity index (χ0) is 16.0. The number of amides is 1. The first-order valence-corrected chi connectivity index (χ1v) is 7.51. The van der Waals surface area contributed by atoms with E-state index in [4.69, 9.17) is 16.3 Å². The van der Waals surface area contributed by atoms with E-state index in [-0.39, 0.29) is 18.1 Å². The summed E-state index contributed by atoms with van der Waals surface area (Å²) < 4.78 is 5.46. The van der Waals surface area contributed by atoms with Crippen LogP contribution in [0.3, 0.4) is 0 Å². The van der Waals surface area contributed by atoms with Crippen LogP contribution in [-0.4, -0.2) is 24.1 Å². The summed E-state index contributed by atoms with van der Waals surface area (Å²) in [5, 5.41) is 6.67. The second-order valence-electron chi connectivity index (χ2n) is 6.39. The second-order valence-corrected chi connectivity index (χ2v) is 6.79. The molecule has 1 aromatic carbocycles. The van der Waals surface area contributed by atoms with Gasteiger partial charge in [-0.3, -0.25) is 4.79 Å². The van der Waals surface area contributed by atoms with Crippen LogP contribution in [0.5, 0.6) is 5.75 Å². The minimum absolute atomic E-state index is 0.0411. The molecule has 4 nitrogen and oxygen atoms in total. The Morgan fingerprint density at radius 2 is 2.00 bits per heavy atom. The Hall–Kier alpha value is -1.26. The molecule has 0 atom stereocenters. The molecular formula is C16H25ClN2O2. The van der Waals surface area contributed by atoms with Crippen LogP contribution in [-0.2, 0) is 11.3 Å². The predicted octanol–water partition coefficient (Wildman–Crippen LogP) is 3.13. The standard InChI is InChI=1S/C16H25ClN2O2/c1-11(2)18-9-12-6-7-14(13(17)8-12)21-10-15(20)19-16(3,4)5/h6-8,11,18H,9-10H2,1-5H3,(H,19,20). The predicted molar refractivity (Wildman–Crippen MR) is 86.8 cm³/mol. The highest BCUT2D eigenvalue weighted by Gasteiger charge is 2.14. The fourth-order valence-corrected chi connectivity index (χ4v) is 1.95. The molecule has 0 saturated carbocycles. The van der Waals surface area contributed by atoms with E-state index in [1.807, 2.05) is 32.9 Å². The summed E-state index contributed by atoms with van der Waals surface area (Å²) in [5.41, 5.74) is 0.816. The molecule has 1 rings (SSSR count). The number of carbonyl (C=O) groups excluding carboxylic acids is 1. The monoisotopic (exact) mass is 312 g/mol. The van der Waals surface area contributed by atoms with E-state index in [1.54, 1.807) is 6.07 Å². The van der Waals surface area contributed by atoms with Crippen molar-refractivity contribution in [3.8, 4) is 5.75 Å². The zero-order valence-corrected chi connectivity index (χ0v) is 14.2. The molecule has 0 spiro atoms. The summed E-state index contributed by atoms with van der Waals surface area (Å²) >= 11 is 6.18. The lowest BCUT2D eigenvalue weighted by Crippen LogP contribution is -2.43. The lowest BCUT2D eigenvalue weighted by Gasteiger charge is -2.20. The van der Waals surface area contributed by atoms with Crippen molar-refractivity contribution >= 4 is 17.5 Å². The van der Waals surface area contributed by atoms with Crippen LogP contribution in [0.4, 0.5) is 0 Å². The van der Waals surface area contributed by atoms with Gasteiger partial charge in [-0.25, -0.2) is 0 Å². The van der Waals surface area contributed by atoms with Crippen LogP contribution in [0.15, 0.2) is 18.2 Å². The number of benzene rings is 1. The van der Waals surface area contributed by atoms with Crippen LogP contribution >= 0.6 is 11.6 Å². The number of ether oxygens (including phenoxy) is 1. The molecule has 0 aliphatic carbocycles. The Morgan fingerprint density at radius 3 is 2.52 bits per heavy atom. The summed E-state index contributed by atoms with van der Waals surface area (Å²) in [7, 11) is 0. The van der Waals surface area contributed by atoms with Gasteiger partial charge in [0.2, 0.25) is 0 Å². The average Bonchev–Trinajstić information content (AvgIpc) is 2.33. The molecule has 0 heterocycles. The number of nitrogens with one attached hydrogen (secondary N) is 2. The first kappa shape index (κ1) is 17.8. The van der Waals surface area contributed by atoms with Crippen LogP contribution in [0.2, 0.25) is 5.02 Å². The number of carbonyl (C=O) groups is 1. The van der Waals surface area contributed by atoms with Gasteiger partial charge in [-0.1, -0.05) is 31.5 Å². The van der Waals surface area contributed by atoms with Gasteiger partial charge in [0.1, 0.15) is 5.75 Å². The van der Waals surface area contributed by atoms with Gasteiger partial charge < -0.3 is 15.4 Å². The van der Waals surface area contributed by atoms with Crippen LogP contribution in [0.25, 0.3) is 0 Å². The highest BCUT2D eigenvalue weighted by Crippen LogP contribution is 2.25. The van der Waals surface area contributed by atoms with E-state index in [0.717, 1.165) is 12.1 Å². The third kappa shape index (κ3) is 7.34. The van der Waals surface area contributed by atoms with Crippen molar-refractivity contribution in [3.63, 3.8) is 0 Å². The van der Waals surface area contributed by atoms with Crippen LogP contribution < -0.4 is 15.4 Å². The fraction of sp³-hybridized carbons (Fsp3) is 0.562. The van der Waals surface area contributed by atoms with Crippen LogP contribution in [0, 0.1) is 0 Å². The molecule has 0 unspecified atom stereocenters. The van der Waals surface area contributed by atoms with Crippen molar-refractivity contribution in [2.45, 2.75) is 52.7 Å². The van der Waals surface area contributed by atoms with E-state index in [2.05, 4.69) is 24.5 Å². The molecular weight excluding hydrogens is 288 g/mol. The normalized spacial score (nSPS) is 11.6. The smallest absolute Gasteiger partial charge is 0.258 e. The van der Waals surface area contributed by atoms with Gasteiger partial charge in [0, 0.05) is 18.1 Å². The largest absolute Gasteiger partial charge is 0.482 e. The maximum absolute atomic E-state index is 11.7. The lowest BCUT2D eigenvalue weighted by molar-refractivity contribution is -0.124. The van der Waals surface area contributed by atoms with Crippen molar-refractivity contribution in [3.05, 3.63) is 28.8 Å². The summed E-state index contributed by atoms with van der Waals surface area (Å²) in [5.74, 6) is 0.359. The molecule has 0 aliphatic heterocycles. The number of rotatable bonds is 6. The summed E-state index contributed by atoms with van der Waals surface area (Å²) in [6.45, 7) is 10.7. The van der Waals surface area contributed by atoms with Crippen molar-refractivity contribution < 1.29 is 9.53 Å². The second kappa shape index (κ2) is 7.66. The average molecular weight is 313 g/mol. The van der Waals surface area contributed by atoms with Gasteiger partial charge >= 0.3 is 0 Å². The Morgan fingerprint density at radius 1 is 1.33 bits per heavy atom. The SMILES string of the molecule is CC(C)NCc1ccc(OCC(=O)NC(C)(C)C)c(Cl)c1. The third-order valence-corrected chi connectivity index (χ3v) is 2.88. The van der Waals surface area contributed by atoms with Gasteiger partial charge in [-0.15, -0.1) is 0 Å². The van der Waals surface area contributed by atoms with E-state index < -0.39 is 0 Å². The number of hydrogen-bond acceptors (Lipinski definition) is 3. The molecule has 0 bridgehead atoms. The van der Waals surface area contributed by atoms with Crippen molar-refractivity contribution in [2.24, 2.45) is 0 Å². The minimum atomic E-state index is -0.267. The molecule has 118 valence electrons. The molecule has 1 amide bonds. The topological polar surface area (TPSA) is 50.4 Å². The minimum Gasteiger partial charge on any atom is -0.482 e. The molecule has 21 heavy (non-hydrogen) atoms. The number of halogens is 1. The van der Waals surface area contributed by atoms with E-state index in [9.17, 15) is 4.79 Å². The van der Waals surface area contributed by atoms with Crippen molar-refractivity contribution in [1.29, 1.82) is 0 Å². The molecule has 5 heteroatoms. The molecule has 1 aromatic rings. The Balaban J connectivity index is 2.55. The van der Waals surface area contributed by atoms with Gasteiger partial charge in [0.05, 0.1) is 5.02 Å². The molecule has 0 fully saturated rings. The maximum Gasteiger partial charge on any atom is 0.258 e. The Labute approximate surface area is 132 Å². The third-order valence-electron chi connectivity index (χ3n) is 2.58. The highest BCUT2D eigenvalue weighted by atomic mass is 35.5. The lowest BCUT2D eigenvalue weighted by atomic mass is 10.1. The first-order chi connectivity index (χ1) is 9.67. The molecule has 0 aliphatic rings. The van der Waals surface area contributed by atoms with Crippen molar-refractivity contribution in [1.82, 2.24) is 10.6 Å². The molecule has 0 aromatic heterocycles. The van der Waals surface area contributed by atoms with Gasteiger partial charge in [-0.05, 0) is 38.5 Å².